The van der Waals surface area contributed by atoms with Gasteiger partial charge in [-0.05, 0) is 50.3 Å². The molecule has 0 saturated carbocycles. The molecule has 0 aliphatic carbocycles. The molecule has 2 N–H and O–H groups in total. The molecule has 1 aromatic carbocycles. The van der Waals surface area contributed by atoms with E-state index in [4.69, 9.17) is 5.73 Å². The molecule has 0 radical (unpaired) electrons. The van der Waals surface area contributed by atoms with E-state index in [1.165, 1.54) is 18.5 Å². The second kappa shape index (κ2) is 8.15. The van der Waals surface area contributed by atoms with Gasteiger partial charge in [-0.25, -0.2) is 0 Å². The van der Waals surface area contributed by atoms with Crippen LogP contribution >= 0.6 is 0 Å². The summed E-state index contributed by atoms with van der Waals surface area (Å²) in [6.45, 7) is 9.74. The van der Waals surface area contributed by atoms with Gasteiger partial charge in [0.2, 0.25) is 0 Å². The first-order valence-corrected chi connectivity index (χ1v) is 7.17. The maximum absolute atomic E-state index is 5.87. The van der Waals surface area contributed by atoms with Crippen LogP contribution in [0.2, 0.25) is 0 Å². The van der Waals surface area contributed by atoms with Crippen LogP contribution in [-0.2, 0) is 0 Å². The van der Waals surface area contributed by atoms with Crippen LogP contribution in [0, 0.1) is 11.8 Å². The molecule has 2 heteroatoms. The lowest BCUT2D eigenvalue weighted by atomic mass is 9.94. The molecule has 0 spiro atoms. The molecule has 1 atom stereocenters. The van der Waals surface area contributed by atoms with E-state index < -0.39 is 0 Å². The second-order valence-electron chi connectivity index (χ2n) is 5.44. The van der Waals surface area contributed by atoms with Gasteiger partial charge in [0, 0.05) is 18.8 Å². The van der Waals surface area contributed by atoms with Gasteiger partial charge in [-0.2, -0.15) is 0 Å². The van der Waals surface area contributed by atoms with Crippen LogP contribution < -0.4 is 10.6 Å². The molecule has 0 aromatic heterocycles. The third kappa shape index (κ3) is 5.09. The summed E-state index contributed by atoms with van der Waals surface area (Å²) < 4.78 is 0. The summed E-state index contributed by atoms with van der Waals surface area (Å²) >= 11 is 0. The lowest BCUT2D eigenvalue weighted by Crippen LogP contribution is -2.28. The van der Waals surface area contributed by atoms with Gasteiger partial charge in [0.05, 0.1) is 0 Å². The molecular formula is C16H28N2. The van der Waals surface area contributed by atoms with E-state index in [0.717, 1.165) is 25.6 Å². The molecule has 0 fully saturated rings. The van der Waals surface area contributed by atoms with Gasteiger partial charge in [-0.1, -0.05) is 32.0 Å². The van der Waals surface area contributed by atoms with Crippen molar-refractivity contribution in [3.05, 3.63) is 30.3 Å². The Bertz CT molecular complexity index is 308. The summed E-state index contributed by atoms with van der Waals surface area (Å²) in [6.07, 6.45) is 2.43. The lowest BCUT2D eigenvalue weighted by molar-refractivity contribution is 0.395. The maximum Gasteiger partial charge on any atom is 0.0366 e. The molecule has 0 heterocycles. The number of nitrogens with two attached hydrogens (primary N) is 1. The van der Waals surface area contributed by atoms with Crippen LogP contribution in [0.5, 0.6) is 0 Å². The van der Waals surface area contributed by atoms with Crippen LogP contribution in [-0.4, -0.2) is 19.6 Å². The van der Waals surface area contributed by atoms with Crippen molar-refractivity contribution in [2.45, 2.75) is 33.6 Å². The molecule has 0 bridgehead atoms. The van der Waals surface area contributed by atoms with Crippen molar-refractivity contribution in [2.75, 3.05) is 24.5 Å². The summed E-state index contributed by atoms with van der Waals surface area (Å²) in [5.41, 5.74) is 7.19. The molecule has 0 aliphatic rings. The summed E-state index contributed by atoms with van der Waals surface area (Å²) in [4.78, 5) is 2.43. The molecule has 18 heavy (non-hydrogen) atoms. The van der Waals surface area contributed by atoms with Crippen molar-refractivity contribution < 1.29 is 0 Å². The standard InChI is InChI=1S/C16H28N2/c1-4-18(16-8-6-5-7-9-16)11-10-15(13-17)12-14(2)3/h5-9,14-15H,4,10-13,17H2,1-3H3/t15-/m1/s1. The lowest BCUT2D eigenvalue weighted by Gasteiger charge is -2.26. The van der Waals surface area contributed by atoms with E-state index in [0.29, 0.717) is 5.92 Å². The molecule has 102 valence electrons. The number of hydrogen-bond acceptors (Lipinski definition) is 2. The van der Waals surface area contributed by atoms with Crippen molar-refractivity contribution in [1.29, 1.82) is 0 Å². The van der Waals surface area contributed by atoms with E-state index in [-0.39, 0.29) is 0 Å². The van der Waals surface area contributed by atoms with Crippen molar-refractivity contribution in [2.24, 2.45) is 17.6 Å². The Morgan fingerprint density at radius 3 is 2.33 bits per heavy atom. The highest BCUT2D eigenvalue weighted by Crippen LogP contribution is 2.18. The minimum Gasteiger partial charge on any atom is -0.372 e. The summed E-state index contributed by atoms with van der Waals surface area (Å²) in [7, 11) is 0. The monoisotopic (exact) mass is 248 g/mol. The fourth-order valence-electron chi connectivity index (χ4n) is 2.45. The van der Waals surface area contributed by atoms with Crippen molar-refractivity contribution in [3.8, 4) is 0 Å². The zero-order chi connectivity index (χ0) is 13.4. The highest BCUT2D eigenvalue weighted by molar-refractivity contribution is 5.45. The summed E-state index contributed by atoms with van der Waals surface area (Å²) in [5, 5.41) is 0. The Kier molecular flexibility index (Phi) is 6.81. The van der Waals surface area contributed by atoms with Crippen LogP contribution in [0.4, 0.5) is 5.69 Å². The molecule has 0 aliphatic heterocycles. The van der Waals surface area contributed by atoms with Crippen molar-refractivity contribution >= 4 is 5.69 Å². The molecule has 0 amide bonds. The number of para-hydroxylation sites is 1. The molecule has 1 rings (SSSR count). The Labute approximate surface area is 112 Å². The number of anilines is 1. The van der Waals surface area contributed by atoms with Gasteiger partial charge in [-0.3, -0.25) is 0 Å². The van der Waals surface area contributed by atoms with Crippen LogP contribution in [0.3, 0.4) is 0 Å². The minimum absolute atomic E-state index is 0.655. The number of nitrogens with zero attached hydrogens (tertiary/aromatic N) is 1. The first-order chi connectivity index (χ1) is 8.67. The summed E-state index contributed by atoms with van der Waals surface area (Å²) in [6, 6.07) is 10.6. The zero-order valence-electron chi connectivity index (χ0n) is 12.1. The predicted octanol–water partition coefficient (Wildman–Crippen LogP) is 3.52. The van der Waals surface area contributed by atoms with Gasteiger partial charge in [-0.15, -0.1) is 0 Å². The minimum atomic E-state index is 0.655. The third-order valence-electron chi connectivity index (χ3n) is 3.45. The normalized spacial score (nSPS) is 12.7. The van der Waals surface area contributed by atoms with Crippen LogP contribution in [0.25, 0.3) is 0 Å². The van der Waals surface area contributed by atoms with Gasteiger partial charge in [0.15, 0.2) is 0 Å². The Morgan fingerprint density at radius 2 is 1.83 bits per heavy atom. The van der Waals surface area contributed by atoms with Gasteiger partial charge in [0.1, 0.15) is 0 Å². The number of benzene rings is 1. The molecule has 0 saturated heterocycles. The topological polar surface area (TPSA) is 29.3 Å². The van der Waals surface area contributed by atoms with Gasteiger partial charge in [0.25, 0.3) is 0 Å². The molecule has 1 aromatic rings. The average molecular weight is 248 g/mol. The first kappa shape index (κ1) is 15.0. The van der Waals surface area contributed by atoms with E-state index in [1.54, 1.807) is 0 Å². The highest BCUT2D eigenvalue weighted by atomic mass is 15.1. The predicted molar refractivity (Wildman–Crippen MR) is 80.9 cm³/mol. The second-order valence-corrected chi connectivity index (χ2v) is 5.44. The van der Waals surface area contributed by atoms with E-state index in [9.17, 15) is 0 Å². The fourth-order valence-corrected chi connectivity index (χ4v) is 2.45. The van der Waals surface area contributed by atoms with Crippen LogP contribution in [0.15, 0.2) is 30.3 Å². The van der Waals surface area contributed by atoms with Crippen LogP contribution in [0.1, 0.15) is 33.6 Å². The summed E-state index contributed by atoms with van der Waals surface area (Å²) in [5.74, 6) is 1.40. The molecule has 0 unspecified atom stereocenters. The Morgan fingerprint density at radius 1 is 1.17 bits per heavy atom. The highest BCUT2D eigenvalue weighted by Gasteiger charge is 2.11. The quantitative estimate of drug-likeness (QED) is 0.762. The third-order valence-corrected chi connectivity index (χ3v) is 3.45. The largest absolute Gasteiger partial charge is 0.372 e. The maximum atomic E-state index is 5.87. The average Bonchev–Trinajstić information content (AvgIpc) is 2.39. The van der Waals surface area contributed by atoms with Crippen molar-refractivity contribution in [3.63, 3.8) is 0 Å². The Hall–Kier alpha value is -1.02. The van der Waals surface area contributed by atoms with E-state index in [2.05, 4.69) is 56.0 Å². The molecular weight excluding hydrogens is 220 g/mol. The van der Waals surface area contributed by atoms with E-state index >= 15 is 0 Å². The Balaban J connectivity index is 2.48. The first-order valence-electron chi connectivity index (χ1n) is 7.17. The number of hydrogen-bond donors (Lipinski definition) is 1. The van der Waals surface area contributed by atoms with Crippen molar-refractivity contribution in [1.82, 2.24) is 0 Å². The number of rotatable bonds is 8. The zero-order valence-corrected chi connectivity index (χ0v) is 12.1. The van der Waals surface area contributed by atoms with Gasteiger partial charge >= 0.3 is 0 Å². The van der Waals surface area contributed by atoms with E-state index in [1.807, 2.05) is 0 Å². The SMILES string of the molecule is CCN(CC[C@@H](CN)CC(C)C)c1ccccc1. The smallest absolute Gasteiger partial charge is 0.0366 e. The van der Waals surface area contributed by atoms with Gasteiger partial charge < -0.3 is 10.6 Å². The fraction of sp³-hybridized carbons (Fsp3) is 0.625. The molecule has 2 nitrogen and oxygen atoms in total.